The van der Waals surface area contributed by atoms with E-state index in [1.807, 2.05) is 6.07 Å². The van der Waals surface area contributed by atoms with Gasteiger partial charge in [-0.1, -0.05) is 38.5 Å². The maximum Gasteiger partial charge on any atom is 0.323 e. The molecule has 3 atom stereocenters. The third kappa shape index (κ3) is 6.36. The normalized spacial score (nSPS) is 18.6. The molecule has 0 saturated heterocycles. The third-order valence-electron chi connectivity index (χ3n) is 4.87. The van der Waals surface area contributed by atoms with E-state index in [1.165, 1.54) is 19.5 Å². The lowest BCUT2D eigenvalue weighted by molar-refractivity contribution is -0.149. The Kier molecular flexibility index (Phi) is 7.53. The van der Waals surface area contributed by atoms with Crippen molar-refractivity contribution in [2.45, 2.75) is 78.4 Å². The number of esters is 1. The lowest BCUT2D eigenvalue weighted by Gasteiger charge is -2.25. The van der Waals surface area contributed by atoms with Gasteiger partial charge < -0.3 is 9.26 Å². The minimum atomic E-state index is -3.25. The molecule has 1 aromatic rings. The largest absolute Gasteiger partial charge is 0.462 e. The van der Waals surface area contributed by atoms with Crippen LogP contribution in [0.25, 0.3) is 0 Å². The summed E-state index contributed by atoms with van der Waals surface area (Å²) in [6.45, 7) is 11.1. The van der Waals surface area contributed by atoms with Gasteiger partial charge in [0.2, 0.25) is 0 Å². The molecule has 0 aliphatic heterocycles. The molecule has 1 aromatic carbocycles. The Bertz CT molecular complexity index is 699. The van der Waals surface area contributed by atoms with Gasteiger partial charge in [-0.05, 0) is 63.0 Å². The summed E-state index contributed by atoms with van der Waals surface area (Å²) in [6.07, 6.45) is 4.11. The molecule has 1 saturated carbocycles. The Balaban J connectivity index is 2.22. The van der Waals surface area contributed by atoms with Gasteiger partial charge in [0.25, 0.3) is 0 Å². The first kappa shape index (κ1) is 22.0. The van der Waals surface area contributed by atoms with E-state index in [0.717, 1.165) is 29.7 Å². The van der Waals surface area contributed by atoms with Crippen LogP contribution in [0.5, 0.6) is 5.75 Å². The molecule has 5 nitrogen and oxygen atoms in total. The Morgan fingerprint density at radius 1 is 1.26 bits per heavy atom. The van der Waals surface area contributed by atoms with Crippen LogP contribution in [0.2, 0.25) is 0 Å². The zero-order valence-electron chi connectivity index (χ0n) is 17.5. The van der Waals surface area contributed by atoms with Crippen LogP contribution in [0.3, 0.4) is 0 Å². The number of benzene rings is 1. The van der Waals surface area contributed by atoms with Crippen molar-refractivity contribution < 1.29 is 18.6 Å². The minimum absolute atomic E-state index is 0.213. The molecule has 1 unspecified atom stereocenters. The lowest BCUT2D eigenvalue weighted by Crippen LogP contribution is -2.35. The summed E-state index contributed by atoms with van der Waals surface area (Å²) in [5.41, 5.74) is 2.19. The van der Waals surface area contributed by atoms with E-state index in [2.05, 4.69) is 31.1 Å². The topological polar surface area (TPSA) is 64.6 Å². The first-order valence-electron chi connectivity index (χ1n) is 10.0. The second kappa shape index (κ2) is 9.25. The van der Waals surface area contributed by atoms with E-state index in [0.29, 0.717) is 11.8 Å². The molecule has 2 rings (SSSR count). The Hall–Kier alpha value is -1.32. The molecule has 0 aromatic heterocycles. The number of hydrogen-bond donors (Lipinski definition) is 1. The molecule has 1 fully saturated rings. The molecule has 0 radical (unpaired) electrons. The average molecular weight is 395 g/mol. The van der Waals surface area contributed by atoms with Crippen molar-refractivity contribution in [1.82, 2.24) is 5.09 Å². The van der Waals surface area contributed by atoms with E-state index in [1.54, 1.807) is 20.8 Å². The van der Waals surface area contributed by atoms with E-state index in [-0.39, 0.29) is 6.10 Å². The molecular weight excluding hydrogens is 361 g/mol. The van der Waals surface area contributed by atoms with E-state index in [9.17, 15) is 9.36 Å². The number of rotatable bonds is 10. The number of hydrogen-bond acceptors (Lipinski definition) is 4. The van der Waals surface area contributed by atoms with Crippen molar-refractivity contribution in [2.75, 3.05) is 6.66 Å². The van der Waals surface area contributed by atoms with Crippen LogP contribution >= 0.6 is 7.52 Å². The Morgan fingerprint density at radius 2 is 1.93 bits per heavy atom. The summed E-state index contributed by atoms with van der Waals surface area (Å²) in [5, 5.41) is 2.85. The molecular formula is C21H34NO4P. The first-order valence-corrected chi connectivity index (χ1v) is 12.1. The van der Waals surface area contributed by atoms with Crippen LogP contribution in [0, 0.1) is 5.92 Å². The van der Waals surface area contributed by atoms with Crippen molar-refractivity contribution in [2.24, 2.45) is 5.92 Å². The van der Waals surface area contributed by atoms with Crippen molar-refractivity contribution >= 4 is 13.5 Å². The highest BCUT2D eigenvalue weighted by Crippen LogP contribution is 2.49. The summed E-state index contributed by atoms with van der Waals surface area (Å²) < 4.78 is 24.4. The molecule has 27 heavy (non-hydrogen) atoms. The number of carbonyl (C=O) groups excluding carboxylic acids is 1. The molecule has 152 valence electrons. The van der Waals surface area contributed by atoms with Crippen LogP contribution in [-0.2, 0) is 20.5 Å². The van der Waals surface area contributed by atoms with E-state index >= 15 is 0 Å². The molecule has 0 bridgehead atoms. The molecule has 6 heteroatoms. The predicted molar refractivity (Wildman–Crippen MR) is 110 cm³/mol. The van der Waals surface area contributed by atoms with Crippen LogP contribution in [0.1, 0.15) is 70.9 Å². The van der Waals surface area contributed by atoms with Crippen molar-refractivity contribution in [3.63, 3.8) is 0 Å². The maximum atomic E-state index is 13.2. The number of aryl methyl sites for hydroxylation is 1. The number of nitrogens with one attached hydrogen (secondary N) is 1. The zero-order chi connectivity index (χ0) is 20.2. The van der Waals surface area contributed by atoms with Gasteiger partial charge in [-0.3, -0.25) is 9.36 Å². The molecule has 1 aliphatic carbocycles. The van der Waals surface area contributed by atoms with Crippen molar-refractivity contribution in [3.8, 4) is 5.75 Å². The summed E-state index contributed by atoms with van der Waals surface area (Å²) in [4.78, 5) is 12.1. The van der Waals surface area contributed by atoms with Gasteiger partial charge >= 0.3 is 13.5 Å². The van der Waals surface area contributed by atoms with Gasteiger partial charge in [0, 0.05) is 6.66 Å². The second-order valence-corrected chi connectivity index (χ2v) is 10.1. The van der Waals surface area contributed by atoms with Crippen LogP contribution in [-0.4, -0.2) is 24.8 Å². The van der Waals surface area contributed by atoms with Crippen LogP contribution in [0.15, 0.2) is 18.2 Å². The zero-order valence-corrected chi connectivity index (χ0v) is 18.3. The quantitative estimate of drug-likeness (QED) is 0.431. The first-order chi connectivity index (χ1) is 12.6. The summed E-state index contributed by atoms with van der Waals surface area (Å²) in [5.74, 6) is 1.35. The molecule has 0 heterocycles. The maximum absolute atomic E-state index is 13.2. The fourth-order valence-corrected chi connectivity index (χ4v) is 4.76. The second-order valence-electron chi connectivity index (χ2n) is 7.99. The summed E-state index contributed by atoms with van der Waals surface area (Å²) in [7, 11) is -3.25. The van der Waals surface area contributed by atoms with E-state index in [4.69, 9.17) is 9.26 Å². The van der Waals surface area contributed by atoms with E-state index < -0.39 is 19.5 Å². The molecule has 0 amide bonds. The van der Waals surface area contributed by atoms with Crippen LogP contribution < -0.4 is 9.61 Å². The SMILES string of the molecule is CCCc1cccc([C@H](C)C2CC2)c1OP(C)(=O)N[C@@H](C)C(=O)OC(C)C. The van der Waals surface area contributed by atoms with Crippen LogP contribution in [0.4, 0.5) is 0 Å². The highest BCUT2D eigenvalue weighted by atomic mass is 31.2. The third-order valence-corrected chi connectivity index (χ3v) is 6.25. The standard InChI is InChI=1S/C21H34NO4P/c1-7-9-18-10-8-11-19(15(4)17-12-13-17)20(18)26-27(6,24)22-16(5)21(23)25-14(2)3/h8,10-11,14-17H,7,9,12-13H2,1-6H3,(H,22,24)/t15-,16+,27?/m1/s1. The van der Waals surface area contributed by atoms with Gasteiger partial charge in [-0.2, -0.15) is 0 Å². The highest BCUT2D eigenvalue weighted by Gasteiger charge is 2.33. The van der Waals surface area contributed by atoms with Gasteiger partial charge in [0.15, 0.2) is 0 Å². The number of para-hydroxylation sites is 1. The molecule has 0 spiro atoms. The monoisotopic (exact) mass is 395 g/mol. The van der Waals surface area contributed by atoms with Crippen molar-refractivity contribution in [1.29, 1.82) is 0 Å². The Morgan fingerprint density at radius 3 is 2.48 bits per heavy atom. The summed E-state index contributed by atoms with van der Waals surface area (Å²) in [6, 6.07) is 5.47. The Labute approximate surface area is 163 Å². The highest BCUT2D eigenvalue weighted by molar-refractivity contribution is 7.56. The molecule has 1 aliphatic rings. The fraction of sp³-hybridized carbons (Fsp3) is 0.667. The fourth-order valence-electron chi connectivity index (χ4n) is 3.33. The smallest absolute Gasteiger partial charge is 0.323 e. The van der Waals surface area contributed by atoms with Gasteiger partial charge in [0.05, 0.1) is 6.10 Å². The van der Waals surface area contributed by atoms with Gasteiger partial charge in [0.1, 0.15) is 11.8 Å². The number of ether oxygens (including phenoxy) is 1. The van der Waals surface area contributed by atoms with Crippen molar-refractivity contribution in [3.05, 3.63) is 29.3 Å². The van der Waals surface area contributed by atoms with Gasteiger partial charge in [-0.15, -0.1) is 0 Å². The summed E-state index contributed by atoms with van der Waals surface area (Å²) >= 11 is 0. The van der Waals surface area contributed by atoms with Gasteiger partial charge in [-0.25, -0.2) is 5.09 Å². The lowest BCUT2D eigenvalue weighted by atomic mass is 9.92. The predicted octanol–water partition coefficient (Wildman–Crippen LogP) is 5.28. The molecule has 1 N–H and O–H groups in total. The number of carbonyl (C=O) groups is 1. The average Bonchev–Trinajstić information content (AvgIpc) is 3.39. The minimum Gasteiger partial charge on any atom is -0.462 e.